The van der Waals surface area contributed by atoms with E-state index in [4.69, 9.17) is 16.0 Å². The van der Waals surface area contributed by atoms with Crippen molar-refractivity contribution in [3.63, 3.8) is 0 Å². The molecule has 0 bridgehead atoms. The predicted molar refractivity (Wildman–Crippen MR) is 96.8 cm³/mol. The quantitative estimate of drug-likeness (QED) is 0.508. The maximum Gasteiger partial charge on any atom is 0.336 e. The number of furan rings is 1. The molecule has 0 aliphatic rings. The number of carboxylic acid groups (broad SMARTS) is 1. The smallest absolute Gasteiger partial charge is 0.336 e. The van der Waals surface area contributed by atoms with E-state index in [0.29, 0.717) is 38.7 Å². The highest BCUT2D eigenvalue weighted by Gasteiger charge is 2.16. The molecule has 2 aromatic heterocycles. The van der Waals surface area contributed by atoms with Gasteiger partial charge in [-0.2, -0.15) is 0 Å². The van der Waals surface area contributed by atoms with Gasteiger partial charge in [-0.1, -0.05) is 23.7 Å². The average Bonchev–Trinajstić information content (AvgIpc) is 3.11. The van der Waals surface area contributed by atoms with Gasteiger partial charge in [-0.3, -0.25) is 0 Å². The van der Waals surface area contributed by atoms with Crippen LogP contribution in [-0.4, -0.2) is 16.1 Å². The van der Waals surface area contributed by atoms with Crippen molar-refractivity contribution in [1.82, 2.24) is 4.98 Å². The molecule has 26 heavy (non-hydrogen) atoms. The molecule has 0 saturated carbocycles. The molecule has 4 aromatic rings. The fourth-order valence-electron chi connectivity index (χ4n) is 2.78. The summed E-state index contributed by atoms with van der Waals surface area (Å²) in [4.78, 5) is 16.1. The van der Waals surface area contributed by atoms with Gasteiger partial charge < -0.3 is 9.52 Å². The van der Waals surface area contributed by atoms with E-state index in [9.17, 15) is 14.3 Å². The molecule has 0 saturated heterocycles. The molecule has 0 amide bonds. The summed E-state index contributed by atoms with van der Waals surface area (Å²) in [7, 11) is 0. The van der Waals surface area contributed by atoms with Crippen LogP contribution in [0.2, 0.25) is 5.02 Å². The van der Waals surface area contributed by atoms with Gasteiger partial charge in [-0.25, -0.2) is 14.2 Å². The monoisotopic (exact) mass is 367 g/mol. The lowest BCUT2D eigenvalue weighted by Crippen LogP contribution is -2.00. The Kier molecular flexibility index (Phi) is 3.93. The summed E-state index contributed by atoms with van der Waals surface area (Å²) in [5.74, 6) is -0.807. The number of hydrogen-bond acceptors (Lipinski definition) is 3. The van der Waals surface area contributed by atoms with Gasteiger partial charge in [0.2, 0.25) is 0 Å². The average molecular weight is 368 g/mol. The molecule has 2 aromatic carbocycles. The largest absolute Gasteiger partial charge is 0.478 e. The summed E-state index contributed by atoms with van der Waals surface area (Å²) >= 11 is 5.96. The van der Waals surface area contributed by atoms with Crippen LogP contribution in [0.3, 0.4) is 0 Å². The SMILES string of the molecule is O=C(O)c1cc(-c2ccc(-c3ccccc3F)o2)nc2ccc(Cl)cc12. The number of pyridine rings is 1. The molecular weight excluding hydrogens is 357 g/mol. The lowest BCUT2D eigenvalue weighted by atomic mass is 10.1. The minimum absolute atomic E-state index is 0.0661. The van der Waals surface area contributed by atoms with Crippen molar-refractivity contribution < 1.29 is 18.7 Å². The van der Waals surface area contributed by atoms with Gasteiger partial charge in [0.15, 0.2) is 5.76 Å². The van der Waals surface area contributed by atoms with Crippen LogP contribution in [0, 0.1) is 5.82 Å². The van der Waals surface area contributed by atoms with Gasteiger partial charge in [0, 0.05) is 10.4 Å². The highest BCUT2D eigenvalue weighted by molar-refractivity contribution is 6.31. The third kappa shape index (κ3) is 2.82. The first kappa shape index (κ1) is 16.3. The van der Waals surface area contributed by atoms with Crippen LogP contribution in [-0.2, 0) is 0 Å². The van der Waals surface area contributed by atoms with Gasteiger partial charge in [-0.15, -0.1) is 0 Å². The fourth-order valence-corrected chi connectivity index (χ4v) is 2.95. The second-order valence-electron chi connectivity index (χ2n) is 5.67. The summed E-state index contributed by atoms with van der Waals surface area (Å²) in [5.41, 5.74) is 1.22. The zero-order chi connectivity index (χ0) is 18.3. The van der Waals surface area contributed by atoms with E-state index < -0.39 is 11.8 Å². The van der Waals surface area contributed by atoms with Crippen LogP contribution in [0.5, 0.6) is 0 Å². The Labute approximate surface area is 152 Å². The number of rotatable bonds is 3. The number of benzene rings is 2. The minimum atomic E-state index is -1.10. The molecule has 6 heteroatoms. The normalized spacial score (nSPS) is 11.0. The lowest BCUT2D eigenvalue weighted by molar-refractivity contribution is 0.0699. The molecule has 0 fully saturated rings. The summed E-state index contributed by atoms with van der Waals surface area (Å²) in [6.07, 6.45) is 0. The van der Waals surface area contributed by atoms with Crippen molar-refractivity contribution in [2.45, 2.75) is 0 Å². The van der Waals surface area contributed by atoms with E-state index in [1.165, 1.54) is 12.1 Å². The minimum Gasteiger partial charge on any atom is -0.478 e. The number of halogens is 2. The maximum absolute atomic E-state index is 13.9. The summed E-state index contributed by atoms with van der Waals surface area (Å²) < 4.78 is 19.7. The fraction of sp³-hybridized carbons (Fsp3) is 0. The Morgan fingerprint density at radius 3 is 2.58 bits per heavy atom. The van der Waals surface area contributed by atoms with E-state index in [1.54, 1.807) is 48.5 Å². The standard InChI is InChI=1S/C20H11ClFNO3/c21-11-5-6-16-13(9-11)14(20(24)25)10-17(23-16)19-8-7-18(26-19)12-3-1-2-4-15(12)22/h1-10H,(H,24,25). The van der Waals surface area contributed by atoms with Crippen molar-refractivity contribution in [2.24, 2.45) is 0 Å². The molecule has 0 unspecified atom stereocenters. The number of hydrogen-bond donors (Lipinski definition) is 1. The third-order valence-corrected chi connectivity index (χ3v) is 4.23. The van der Waals surface area contributed by atoms with Crippen molar-refractivity contribution in [1.29, 1.82) is 0 Å². The van der Waals surface area contributed by atoms with Crippen molar-refractivity contribution >= 4 is 28.5 Å². The van der Waals surface area contributed by atoms with E-state index in [0.717, 1.165) is 0 Å². The number of aromatic carboxylic acids is 1. The molecule has 4 nitrogen and oxygen atoms in total. The summed E-state index contributed by atoms with van der Waals surface area (Å²) in [5, 5.41) is 10.4. The van der Waals surface area contributed by atoms with Crippen LogP contribution < -0.4 is 0 Å². The van der Waals surface area contributed by atoms with Gasteiger partial charge >= 0.3 is 5.97 Å². The van der Waals surface area contributed by atoms with E-state index in [1.807, 2.05) is 0 Å². The Morgan fingerprint density at radius 2 is 1.81 bits per heavy atom. The van der Waals surface area contributed by atoms with Crippen molar-refractivity contribution in [3.8, 4) is 22.8 Å². The Balaban J connectivity index is 1.86. The van der Waals surface area contributed by atoms with Crippen LogP contribution in [0.15, 0.2) is 65.1 Å². The number of carboxylic acids is 1. The number of carbonyl (C=O) groups is 1. The zero-order valence-electron chi connectivity index (χ0n) is 13.2. The van der Waals surface area contributed by atoms with Crippen molar-refractivity contribution in [2.75, 3.05) is 0 Å². The first-order valence-electron chi connectivity index (χ1n) is 7.71. The number of aromatic nitrogens is 1. The summed E-state index contributed by atoms with van der Waals surface area (Å²) in [6.45, 7) is 0. The number of nitrogens with zero attached hydrogens (tertiary/aromatic N) is 1. The molecule has 4 rings (SSSR count). The third-order valence-electron chi connectivity index (χ3n) is 4.00. The first-order chi connectivity index (χ1) is 12.5. The second kappa shape index (κ2) is 6.28. The highest BCUT2D eigenvalue weighted by atomic mass is 35.5. The van der Waals surface area contributed by atoms with Crippen LogP contribution >= 0.6 is 11.6 Å². The van der Waals surface area contributed by atoms with Gasteiger partial charge in [-0.05, 0) is 48.5 Å². The molecule has 0 aliphatic heterocycles. The second-order valence-corrected chi connectivity index (χ2v) is 6.10. The van der Waals surface area contributed by atoms with Crippen molar-refractivity contribution in [3.05, 3.63) is 77.1 Å². The molecule has 0 aliphatic carbocycles. The van der Waals surface area contributed by atoms with Crippen LogP contribution in [0.1, 0.15) is 10.4 Å². The molecular formula is C20H11ClFNO3. The topological polar surface area (TPSA) is 63.3 Å². The predicted octanol–water partition coefficient (Wildman–Crippen LogP) is 5.65. The molecule has 128 valence electrons. The van der Waals surface area contributed by atoms with Gasteiger partial charge in [0.25, 0.3) is 0 Å². The Hall–Kier alpha value is -3.18. The first-order valence-corrected chi connectivity index (χ1v) is 8.09. The van der Waals surface area contributed by atoms with E-state index in [-0.39, 0.29) is 5.56 Å². The zero-order valence-corrected chi connectivity index (χ0v) is 14.0. The van der Waals surface area contributed by atoms with Crippen LogP contribution in [0.25, 0.3) is 33.7 Å². The Morgan fingerprint density at radius 1 is 1.04 bits per heavy atom. The van der Waals surface area contributed by atoms with Gasteiger partial charge in [0.1, 0.15) is 17.3 Å². The molecule has 2 heterocycles. The maximum atomic E-state index is 13.9. The summed E-state index contributed by atoms with van der Waals surface area (Å²) in [6, 6.07) is 15.8. The number of fused-ring (bicyclic) bond motifs is 1. The van der Waals surface area contributed by atoms with Crippen LogP contribution in [0.4, 0.5) is 4.39 Å². The molecule has 1 N–H and O–H groups in total. The lowest BCUT2D eigenvalue weighted by Gasteiger charge is -2.06. The highest BCUT2D eigenvalue weighted by Crippen LogP contribution is 2.31. The molecule has 0 atom stereocenters. The Bertz CT molecular complexity index is 1150. The van der Waals surface area contributed by atoms with Gasteiger partial charge in [0.05, 0.1) is 16.6 Å². The molecule has 0 spiro atoms. The van der Waals surface area contributed by atoms with E-state index >= 15 is 0 Å². The van der Waals surface area contributed by atoms with E-state index in [2.05, 4.69) is 4.98 Å². The molecule has 0 radical (unpaired) electrons.